The van der Waals surface area contributed by atoms with E-state index in [9.17, 15) is 9.59 Å². The highest BCUT2D eigenvalue weighted by atomic mass is 16.2. The molecule has 3 rings (SSSR count). The first-order valence-electron chi connectivity index (χ1n) is 7.81. The SMILES string of the molecule is Cc1cn(C)c(C2CCCN(C(=O)c3cc(C)[nH]c(=O)n3)C2)n1. The van der Waals surface area contributed by atoms with Gasteiger partial charge in [-0.1, -0.05) is 0 Å². The number of carbonyl (C=O) groups is 1. The summed E-state index contributed by atoms with van der Waals surface area (Å²) in [5, 5.41) is 0. The molecule has 1 aliphatic heterocycles. The maximum absolute atomic E-state index is 12.7. The lowest BCUT2D eigenvalue weighted by Gasteiger charge is -2.32. The Morgan fingerprint density at radius 2 is 2.13 bits per heavy atom. The van der Waals surface area contributed by atoms with Crippen LogP contribution in [0.2, 0.25) is 0 Å². The number of rotatable bonds is 2. The number of carbonyl (C=O) groups excluding carboxylic acids is 1. The number of amides is 1. The van der Waals surface area contributed by atoms with Crippen LogP contribution in [0.25, 0.3) is 0 Å². The molecule has 1 amide bonds. The van der Waals surface area contributed by atoms with Crippen molar-refractivity contribution in [3.63, 3.8) is 0 Å². The fraction of sp³-hybridized carbons (Fsp3) is 0.500. The topological polar surface area (TPSA) is 83.9 Å². The van der Waals surface area contributed by atoms with Crippen molar-refractivity contribution >= 4 is 5.91 Å². The third-order valence-corrected chi connectivity index (χ3v) is 4.20. The lowest BCUT2D eigenvalue weighted by molar-refractivity contribution is 0.0697. The van der Waals surface area contributed by atoms with Crippen LogP contribution in [0.4, 0.5) is 0 Å². The van der Waals surface area contributed by atoms with Crippen LogP contribution in [0.5, 0.6) is 0 Å². The standard InChI is InChI=1S/C16H21N5O2/c1-10-7-13(19-16(23)18-10)15(22)21-6-4-5-12(9-21)14-17-11(2)8-20(14)3/h7-8,12H,4-6,9H2,1-3H3,(H,18,19,23). The molecule has 1 unspecified atom stereocenters. The summed E-state index contributed by atoms with van der Waals surface area (Å²) in [4.78, 5) is 36.9. The molecule has 2 aromatic heterocycles. The van der Waals surface area contributed by atoms with Crippen LogP contribution < -0.4 is 5.69 Å². The van der Waals surface area contributed by atoms with Crippen molar-refractivity contribution in [2.45, 2.75) is 32.6 Å². The molecule has 23 heavy (non-hydrogen) atoms. The van der Waals surface area contributed by atoms with E-state index in [-0.39, 0.29) is 17.5 Å². The van der Waals surface area contributed by atoms with Gasteiger partial charge in [0.05, 0.1) is 5.69 Å². The number of aromatic nitrogens is 4. The van der Waals surface area contributed by atoms with E-state index < -0.39 is 5.69 Å². The number of hydrogen-bond acceptors (Lipinski definition) is 4. The Bertz CT molecular complexity index is 792. The molecule has 0 radical (unpaired) electrons. The molecule has 0 bridgehead atoms. The predicted molar refractivity (Wildman–Crippen MR) is 85.4 cm³/mol. The van der Waals surface area contributed by atoms with E-state index in [1.54, 1.807) is 17.9 Å². The summed E-state index contributed by atoms with van der Waals surface area (Å²) in [5.41, 5.74) is 1.35. The number of hydrogen-bond donors (Lipinski definition) is 1. The average Bonchev–Trinajstić information content (AvgIpc) is 2.84. The molecule has 1 atom stereocenters. The molecule has 0 aromatic carbocycles. The van der Waals surface area contributed by atoms with E-state index in [4.69, 9.17) is 0 Å². The summed E-state index contributed by atoms with van der Waals surface area (Å²) in [6.07, 6.45) is 3.93. The van der Waals surface area contributed by atoms with E-state index in [2.05, 4.69) is 15.0 Å². The van der Waals surface area contributed by atoms with Gasteiger partial charge in [0.2, 0.25) is 0 Å². The first-order chi connectivity index (χ1) is 10.9. The first-order valence-corrected chi connectivity index (χ1v) is 7.81. The van der Waals surface area contributed by atoms with Crippen molar-refractivity contribution < 1.29 is 4.79 Å². The molecular weight excluding hydrogens is 294 g/mol. The molecule has 122 valence electrons. The highest BCUT2D eigenvalue weighted by Gasteiger charge is 2.28. The second kappa shape index (κ2) is 5.98. The molecule has 1 aliphatic rings. The van der Waals surface area contributed by atoms with Crippen molar-refractivity contribution in [3.8, 4) is 0 Å². The molecule has 0 saturated carbocycles. The zero-order chi connectivity index (χ0) is 16.6. The van der Waals surface area contributed by atoms with Crippen LogP contribution in [-0.2, 0) is 7.05 Å². The average molecular weight is 315 g/mol. The van der Waals surface area contributed by atoms with Gasteiger partial charge < -0.3 is 14.5 Å². The van der Waals surface area contributed by atoms with Crippen LogP contribution in [-0.4, -0.2) is 43.4 Å². The van der Waals surface area contributed by atoms with Crippen molar-refractivity contribution in [2.75, 3.05) is 13.1 Å². The van der Waals surface area contributed by atoms with Gasteiger partial charge in [-0.15, -0.1) is 0 Å². The Kier molecular flexibility index (Phi) is 4.02. The minimum atomic E-state index is -0.485. The monoisotopic (exact) mass is 315 g/mol. The van der Waals surface area contributed by atoms with Gasteiger partial charge in [-0.3, -0.25) is 4.79 Å². The summed E-state index contributed by atoms with van der Waals surface area (Å²) in [7, 11) is 1.98. The minimum Gasteiger partial charge on any atom is -0.337 e. The van der Waals surface area contributed by atoms with Gasteiger partial charge in [0.25, 0.3) is 5.91 Å². The second-order valence-corrected chi connectivity index (χ2v) is 6.20. The molecule has 2 aromatic rings. The largest absolute Gasteiger partial charge is 0.345 e. The van der Waals surface area contributed by atoms with Crippen molar-refractivity contribution in [1.82, 2.24) is 24.4 Å². The quantitative estimate of drug-likeness (QED) is 0.901. The Labute approximate surface area is 134 Å². The van der Waals surface area contributed by atoms with Gasteiger partial charge in [-0.25, -0.2) is 9.78 Å². The normalized spacial score (nSPS) is 18.2. The number of aryl methyl sites for hydroxylation is 3. The zero-order valence-electron chi connectivity index (χ0n) is 13.7. The van der Waals surface area contributed by atoms with E-state index in [1.807, 2.05) is 24.7 Å². The van der Waals surface area contributed by atoms with Gasteiger partial charge >= 0.3 is 5.69 Å². The molecule has 1 fully saturated rings. The van der Waals surface area contributed by atoms with E-state index >= 15 is 0 Å². The summed E-state index contributed by atoms with van der Waals surface area (Å²) < 4.78 is 2.03. The lowest BCUT2D eigenvalue weighted by atomic mass is 9.97. The van der Waals surface area contributed by atoms with Crippen LogP contribution in [0.3, 0.4) is 0 Å². The number of aromatic amines is 1. The maximum atomic E-state index is 12.7. The van der Waals surface area contributed by atoms with Crippen LogP contribution >= 0.6 is 0 Å². The summed E-state index contributed by atoms with van der Waals surface area (Å²) in [6.45, 7) is 5.01. The third-order valence-electron chi connectivity index (χ3n) is 4.20. The van der Waals surface area contributed by atoms with Gasteiger partial charge in [-0.2, -0.15) is 4.98 Å². The Morgan fingerprint density at radius 1 is 1.35 bits per heavy atom. The Hall–Kier alpha value is -2.44. The van der Waals surface area contributed by atoms with Gasteiger partial charge in [0, 0.05) is 37.9 Å². The maximum Gasteiger partial charge on any atom is 0.345 e. The van der Waals surface area contributed by atoms with Gasteiger partial charge in [0.1, 0.15) is 11.5 Å². The Balaban J connectivity index is 1.82. The van der Waals surface area contributed by atoms with Crippen LogP contribution in [0.15, 0.2) is 17.1 Å². The number of nitrogens with zero attached hydrogens (tertiary/aromatic N) is 4. The zero-order valence-corrected chi connectivity index (χ0v) is 13.7. The van der Waals surface area contributed by atoms with E-state index in [1.165, 1.54) is 0 Å². The van der Waals surface area contributed by atoms with Gasteiger partial charge in [0.15, 0.2) is 0 Å². The molecular formula is C16H21N5O2. The molecule has 1 N–H and O–H groups in total. The molecule has 3 heterocycles. The minimum absolute atomic E-state index is 0.185. The summed E-state index contributed by atoms with van der Waals surface area (Å²) in [6, 6.07) is 1.62. The number of H-pyrrole nitrogens is 1. The highest BCUT2D eigenvalue weighted by molar-refractivity contribution is 5.92. The summed E-state index contributed by atoms with van der Waals surface area (Å²) in [5.74, 6) is 1.04. The fourth-order valence-electron chi connectivity index (χ4n) is 3.24. The van der Waals surface area contributed by atoms with Crippen LogP contribution in [0.1, 0.15) is 46.5 Å². The number of imidazole rings is 1. The van der Waals surface area contributed by atoms with Crippen LogP contribution in [0, 0.1) is 13.8 Å². The predicted octanol–water partition coefficient (Wildman–Crippen LogP) is 1.14. The van der Waals surface area contributed by atoms with Gasteiger partial charge in [-0.05, 0) is 32.8 Å². The van der Waals surface area contributed by atoms with Crippen molar-refractivity contribution in [1.29, 1.82) is 0 Å². The lowest BCUT2D eigenvalue weighted by Crippen LogP contribution is -2.40. The van der Waals surface area contributed by atoms with E-state index in [0.717, 1.165) is 24.4 Å². The summed E-state index contributed by atoms with van der Waals surface area (Å²) >= 11 is 0. The molecule has 0 spiro atoms. The van der Waals surface area contributed by atoms with Crippen molar-refractivity contribution in [2.24, 2.45) is 7.05 Å². The second-order valence-electron chi connectivity index (χ2n) is 6.20. The molecule has 7 heteroatoms. The number of likely N-dealkylation sites (tertiary alicyclic amines) is 1. The first kappa shape index (κ1) is 15.5. The third kappa shape index (κ3) is 3.18. The Morgan fingerprint density at radius 3 is 2.78 bits per heavy atom. The molecule has 1 saturated heterocycles. The van der Waals surface area contributed by atoms with E-state index in [0.29, 0.717) is 18.8 Å². The highest BCUT2D eigenvalue weighted by Crippen LogP contribution is 2.26. The molecule has 0 aliphatic carbocycles. The number of nitrogens with one attached hydrogen (secondary N) is 1. The fourth-order valence-corrected chi connectivity index (χ4v) is 3.24. The number of piperidine rings is 1. The smallest absolute Gasteiger partial charge is 0.337 e. The molecule has 7 nitrogen and oxygen atoms in total. The van der Waals surface area contributed by atoms with Crippen molar-refractivity contribution in [3.05, 3.63) is 45.7 Å².